The first-order valence-electron chi connectivity index (χ1n) is 44.5. The monoisotopic (exact) mass is 2280 g/mol. The summed E-state index contributed by atoms with van der Waals surface area (Å²) in [5, 5.41) is 37.6. The second-order valence-corrected chi connectivity index (χ2v) is 34.0. The summed E-state index contributed by atoms with van der Waals surface area (Å²) in [6.07, 6.45) is 19.4. The van der Waals surface area contributed by atoms with Gasteiger partial charge in [0.15, 0.2) is 0 Å². The van der Waals surface area contributed by atoms with E-state index < -0.39 is 0 Å². The summed E-state index contributed by atoms with van der Waals surface area (Å²) in [6, 6.07) is 126. The van der Waals surface area contributed by atoms with Crippen LogP contribution < -0.4 is 4.57 Å². The zero-order valence-corrected chi connectivity index (χ0v) is 83.3. The second-order valence-electron chi connectivity index (χ2n) is 34.0. The molecule has 0 spiro atoms. The Bertz CT molecular complexity index is 7160. The Morgan fingerprint density at radius 2 is 0.622 bits per heavy atom. The molecule has 20 rings (SSSR count). The third-order valence-electron chi connectivity index (χ3n) is 23.9. The molecule has 0 bridgehead atoms. The molecule has 5 aromatic heterocycles. The van der Waals surface area contributed by atoms with Gasteiger partial charge in [-0.1, -0.05) is 250 Å². The minimum absolute atomic E-state index is 0. The van der Waals surface area contributed by atoms with Crippen LogP contribution >= 0.6 is 0 Å². The van der Waals surface area contributed by atoms with Gasteiger partial charge in [0.1, 0.15) is 24.6 Å². The van der Waals surface area contributed by atoms with Crippen molar-refractivity contribution in [1.82, 2.24) is 38.2 Å². The molecule has 1 aliphatic heterocycles. The van der Waals surface area contributed by atoms with Crippen LogP contribution in [-0.2, 0) is 66.9 Å². The zero-order valence-electron chi connectivity index (χ0n) is 76.1. The molecule has 0 amide bonds. The van der Waals surface area contributed by atoms with Gasteiger partial charge in [0.25, 0.3) is 5.82 Å². The molecule has 6 heterocycles. The fourth-order valence-corrected chi connectivity index (χ4v) is 17.5. The molecule has 1 aliphatic rings. The molecule has 0 fully saturated rings. The summed E-state index contributed by atoms with van der Waals surface area (Å²) in [7, 11) is 0. The Morgan fingerprint density at radius 3 is 0.970 bits per heavy atom. The van der Waals surface area contributed by atoms with Gasteiger partial charge in [-0.2, -0.15) is 25.6 Å². The van der Waals surface area contributed by atoms with Crippen LogP contribution in [0.5, 0.6) is 0 Å². The average Bonchev–Trinajstić information content (AvgIpc) is 1.59. The van der Waals surface area contributed by atoms with Gasteiger partial charge in [0, 0.05) is 155 Å². The number of rotatable bonds is 18. The van der Waals surface area contributed by atoms with E-state index in [1.807, 2.05) is 97.8 Å². The number of nitriles is 4. The standard InChI is InChI=1S/C34H22N3.C30H22N3.C28H26N3.C27H25N4.3Ir/c35-24-25-11-10-18-29(21-25)34-36-19-20-37(34)33-31(27-14-6-2-7-15-27)22-30(26-12-4-1-5-13-26)23-32(33)28-16-8-3-9-17-28;1-21-16-26(23-8-4-2-5-9-23)29(27(17-21)24-10-6-3-7-11-24)33-15-14-32-20-25-13-12-22(19-31)18-28(25)30(32)33;1-19(2)25-16-24(22-10-6-5-7-11-22)17-26(20(3)4)27(25)31-14-13-30-28(31)23-12-8-9-21(15-23)18-29;1-18(2)24-14-23(22-9-6-10-29-17-22)15-25(19(3)4)26(24)31-12-11-30-27(31)21-8-5-7-20(13-21)16-28;;;/h1-17,19-23H;2-18H,20H2,1H3;5-11,13-17,19-20H,1-4H3;5-7,9-15,17-19H,1-4H3;;;/q-1;+1;2*-1;;;. The van der Waals surface area contributed by atoms with E-state index in [-0.39, 0.29) is 60.3 Å². The van der Waals surface area contributed by atoms with E-state index in [0.29, 0.717) is 45.9 Å². The number of imidazole rings is 4. The van der Waals surface area contributed by atoms with Crippen molar-refractivity contribution in [3.8, 4) is 170 Å². The van der Waals surface area contributed by atoms with E-state index in [4.69, 9.17) is 4.98 Å². The maximum atomic E-state index is 9.51. The number of pyridine rings is 1. The third-order valence-corrected chi connectivity index (χ3v) is 23.9. The van der Waals surface area contributed by atoms with Crippen molar-refractivity contribution in [3.63, 3.8) is 0 Å². The van der Waals surface area contributed by atoms with Gasteiger partial charge in [0.05, 0.1) is 58.6 Å². The van der Waals surface area contributed by atoms with Crippen molar-refractivity contribution >= 4 is 0 Å². The molecule has 665 valence electrons. The van der Waals surface area contributed by atoms with Crippen LogP contribution in [0.15, 0.2) is 377 Å². The van der Waals surface area contributed by atoms with Crippen LogP contribution in [0.4, 0.5) is 0 Å². The van der Waals surface area contributed by atoms with Crippen molar-refractivity contribution in [2.45, 2.75) is 92.5 Å². The minimum Gasteiger partial charge on any atom is -0.340 e. The Labute approximate surface area is 831 Å². The fourth-order valence-electron chi connectivity index (χ4n) is 17.5. The fraction of sp³-hybridized carbons (Fsp3) is 0.118. The maximum Gasteiger partial charge on any atom is 0.294 e. The van der Waals surface area contributed by atoms with E-state index in [1.54, 1.807) is 48.8 Å². The molecule has 3 radical (unpaired) electrons. The van der Waals surface area contributed by atoms with Crippen LogP contribution in [0, 0.1) is 70.4 Å². The van der Waals surface area contributed by atoms with Gasteiger partial charge in [-0.25, -0.2) is 4.57 Å². The zero-order chi connectivity index (χ0) is 91.3. The van der Waals surface area contributed by atoms with Gasteiger partial charge in [-0.05, 0) is 192 Å². The van der Waals surface area contributed by atoms with Crippen molar-refractivity contribution in [2.24, 2.45) is 0 Å². The Kier molecular flexibility index (Phi) is 31.3. The van der Waals surface area contributed by atoms with Gasteiger partial charge in [-0.3, -0.25) is 19.9 Å². The smallest absolute Gasteiger partial charge is 0.294 e. The van der Waals surface area contributed by atoms with E-state index in [2.05, 4.69) is 373 Å². The summed E-state index contributed by atoms with van der Waals surface area (Å²) in [5.41, 5.74) is 34.2. The third kappa shape index (κ3) is 20.9. The molecule has 135 heavy (non-hydrogen) atoms. The maximum absolute atomic E-state index is 9.51. The van der Waals surface area contributed by atoms with Crippen molar-refractivity contribution in [3.05, 3.63) is 451 Å². The summed E-state index contributed by atoms with van der Waals surface area (Å²) < 4.78 is 11.0. The molecule has 0 N–H and O–H groups in total. The summed E-state index contributed by atoms with van der Waals surface area (Å²) in [4.78, 5) is 18.3. The Balaban J connectivity index is 0.000000144. The topological polar surface area (TPSA) is 170 Å². The van der Waals surface area contributed by atoms with Crippen molar-refractivity contribution in [2.75, 3.05) is 0 Å². The molecule has 0 unspecified atom stereocenters. The van der Waals surface area contributed by atoms with Crippen LogP contribution in [0.2, 0.25) is 0 Å². The molecule has 0 saturated carbocycles. The molecular formula is C119H95Ir3N13-2. The summed E-state index contributed by atoms with van der Waals surface area (Å²) >= 11 is 0. The van der Waals surface area contributed by atoms with Crippen molar-refractivity contribution in [1.29, 1.82) is 21.0 Å². The normalized spacial score (nSPS) is 10.9. The molecule has 0 aliphatic carbocycles. The molecule has 19 aromatic rings. The molecule has 0 saturated heterocycles. The first-order chi connectivity index (χ1) is 64.5. The Morgan fingerprint density at radius 1 is 0.304 bits per heavy atom. The van der Waals surface area contributed by atoms with E-state index >= 15 is 0 Å². The first kappa shape index (κ1) is 96.0. The van der Waals surface area contributed by atoms with Crippen LogP contribution in [0.1, 0.15) is 135 Å². The number of nitrogens with zero attached hydrogens (tertiary/aromatic N) is 13. The SMILES string of the molecule is CC(C)c1cc(-c2ccccc2)cc(C(C)C)c1-n1ccnc1-c1[c-]ccc(C#N)c1.CC(C)c1cc(-c2cccnc2)cc(C(C)C)c1-n1ccnc1-c1[c-]ccc(C#N)c1.Cc1cc(-c2ccccc2)c(-n2cc[n+]3c2-c2cc(C#N)ccc2C3)c(-c2ccccc2)c1.N#Cc1cc[c-]c(-c2nccn2-c2c(-c3ccccc3)cc(-c3ccccc3)cc2-c2ccccc2)c1.[Ir].[Ir].[Ir]. The minimum atomic E-state index is 0. The number of benzene rings is 14. The van der Waals surface area contributed by atoms with Crippen LogP contribution in [0.3, 0.4) is 0 Å². The number of hydrogen-bond acceptors (Lipinski definition) is 8. The molecule has 0 atom stereocenters. The molecule has 14 aromatic carbocycles. The predicted molar refractivity (Wildman–Crippen MR) is 530 cm³/mol. The Hall–Kier alpha value is -15.0. The van der Waals surface area contributed by atoms with Gasteiger partial charge in [-0.15, -0.1) is 89.5 Å². The quantitative estimate of drug-likeness (QED) is 0.0603. The van der Waals surface area contributed by atoms with Gasteiger partial charge < -0.3 is 13.7 Å². The van der Waals surface area contributed by atoms with E-state index in [0.717, 1.165) is 108 Å². The summed E-state index contributed by atoms with van der Waals surface area (Å²) in [5.74, 6) is 4.73. The predicted octanol–water partition coefficient (Wildman–Crippen LogP) is 28.2. The average molecular weight is 2280 g/mol. The molecule has 16 heteroatoms. The second kappa shape index (κ2) is 44.0. The number of fused-ring (bicyclic) bond motifs is 3. The number of hydrogen-bond donors (Lipinski definition) is 0. The molecular weight excluding hydrogens is 2190 g/mol. The van der Waals surface area contributed by atoms with Crippen LogP contribution in [0.25, 0.3) is 146 Å². The first-order valence-corrected chi connectivity index (χ1v) is 44.5. The van der Waals surface area contributed by atoms with E-state index in [1.165, 1.54) is 78.0 Å². The van der Waals surface area contributed by atoms with Crippen molar-refractivity contribution < 1.29 is 64.9 Å². The summed E-state index contributed by atoms with van der Waals surface area (Å²) in [6.45, 7) is 20.8. The van der Waals surface area contributed by atoms with Gasteiger partial charge in [0.2, 0.25) is 0 Å². The number of aromatic nitrogens is 9. The number of aryl methyl sites for hydroxylation is 1. The van der Waals surface area contributed by atoms with E-state index in [9.17, 15) is 21.0 Å². The largest absolute Gasteiger partial charge is 0.340 e. The molecule has 13 nitrogen and oxygen atoms in total. The van der Waals surface area contributed by atoms with Gasteiger partial charge >= 0.3 is 0 Å². The van der Waals surface area contributed by atoms with Crippen LogP contribution in [-0.4, -0.2) is 38.2 Å².